The Morgan fingerprint density at radius 2 is 1.88 bits per heavy atom. The summed E-state index contributed by atoms with van der Waals surface area (Å²) < 4.78 is 5.55. The van der Waals surface area contributed by atoms with E-state index in [0.717, 1.165) is 11.4 Å². The highest BCUT2D eigenvalue weighted by atomic mass is 16.5. The maximum absolute atomic E-state index is 12.4. The van der Waals surface area contributed by atoms with Gasteiger partial charge < -0.3 is 9.64 Å². The van der Waals surface area contributed by atoms with Crippen molar-refractivity contribution < 1.29 is 9.53 Å². The predicted molar refractivity (Wildman–Crippen MR) is 97.6 cm³/mol. The molecule has 0 spiro atoms. The Balaban J connectivity index is 1.79. The molecule has 4 nitrogen and oxygen atoms in total. The van der Waals surface area contributed by atoms with Crippen LogP contribution in [0, 0.1) is 11.3 Å². The Hall–Kier alpha value is -3.06. The molecule has 1 aliphatic rings. The van der Waals surface area contributed by atoms with Crippen molar-refractivity contribution in [2.75, 3.05) is 18.6 Å². The average molecular weight is 332 g/mol. The SMILES string of the molecule is CN1/C(=C/C(=O)COc2ccccc2C#N)C(C)(C)c2ccccc21. The second-order valence-corrected chi connectivity index (χ2v) is 6.59. The predicted octanol–water partition coefficient (Wildman–Crippen LogP) is 3.82. The summed E-state index contributed by atoms with van der Waals surface area (Å²) in [5.41, 5.74) is 3.44. The van der Waals surface area contributed by atoms with Gasteiger partial charge in [-0.05, 0) is 23.8 Å². The monoisotopic (exact) mass is 332 g/mol. The first-order valence-corrected chi connectivity index (χ1v) is 8.15. The fourth-order valence-electron chi connectivity index (χ4n) is 3.29. The van der Waals surface area contributed by atoms with Crippen LogP contribution in [-0.2, 0) is 10.2 Å². The van der Waals surface area contributed by atoms with Crippen molar-refractivity contribution in [3.63, 3.8) is 0 Å². The number of carbonyl (C=O) groups excluding carboxylic acids is 1. The Bertz CT molecular complexity index is 891. The summed E-state index contributed by atoms with van der Waals surface area (Å²) in [5, 5.41) is 9.08. The van der Waals surface area contributed by atoms with Crippen LogP contribution in [-0.4, -0.2) is 19.4 Å². The van der Waals surface area contributed by atoms with Crippen LogP contribution in [0.5, 0.6) is 5.75 Å². The molecule has 2 aromatic carbocycles. The number of hydrogen-bond acceptors (Lipinski definition) is 4. The van der Waals surface area contributed by atoms with E-state index in [9.17, 15) is 4.79 Å². The van der Waals surface area contributed by atoms with Crippen LogP contribution in [0.2, 0.25) is 0 Å². The van der Waals surface area contributed by atoms with Crippen LogP contribution in [0.4, 0.5) is 5.69 Å². The molecule has 2 aromatic rings. The van der Waals surface area contributed by atoms with Gasteiger partial charge in [-0.25, -0.2) is 0 Å². The summed E-state index contributed by atoms with van der Waals surface area (Å²) in [6.07, 6.45) is 1.65. The van der Waals surface area contributed by atoms with Gasteiger partial charge in [-0.2, -0.15) is 5.26 Å². The molecule has 0 unspecified atom stereocenters. The van der Waals surface area contributed by atoms with Crippen LogP contribution in [0.25, 0.3) is 0 Å². The standard InChI is InChI=1S/C21H20N2O2/c1-21(2)17-9-5-6-10-18(17)23(3)20(21)12-16(24)14-25-19-11-7-4-8-15(19)13-22/h4-12H,14H2,1-3H3/b20-12+. The minimum absolute atomic E-state index is 0.0948. The number of ether oxygens (including phenoxy) is 1. The van der Waals surface area contributed by atoms with Crippen molar-refractivity contribution in [2.24, 2.45) is 0 Å². The minimum Gasteiger partial charge on any atom is -0.484 e. The Labute approximate surface area is 148 Å². The molecule has 1 heterocycles. The highest BCUT2D eigenvalue weighted by molar-refractivity contribution is 5.93. The molecule has 126 valence electrons. The number of para-hydroxylation sites is 2. The molecule has 0 fully saturated rings. The maximum atomic E-state index is 12.4. The van der Waals surface area contributed by atoms with Gasteiger partial charge in [0.2, 0.25) is 0 Å². The number of anilines is 1. The van der Waals surface area contributed by atoms with E-state index in [1.807, 2.05) is 19.2 Å². The van der Waals surface area contributed by atoms with Crippen LogP contribution in [0.15, 0.2) is 60.3 Å². The van der Waals surface area contributed by atoms with E-state index in [2.05, 4.69) is 36.9 Å². The van der Waals surface area contributed by atoms with Crippen molar-refractivity contribution in [3.05, 3.63) is 71.4 Å². The van der Waals surface area contributed by atoms with Gasteiger partial charge in [0.05, 0.1) is 5.56 Å². The first-order chi connectivity index (χ1) is 11.9. The number of benzene rings is 2. The molecule has 0 N–H and O–H groups in total. The summed E-state index contributed by atoms with van der Waals surface area (Å²) in [7, 11) is 1.97. The van der Waals surface area contributed by atoms with E-state index >= 15 is 0 Å². The van der Waals surface area contributed by atoms with Crippen LogP contribution < -0.4 is 9.64 Å². The summed E-state index contributed by atoms with van der Waals surface area (Å²) >= 11 is 0. The van der Waals surface area contributed by atoms with Crippen molar-refractivity contribution >= 4 is 11.5 Å². The molecule has 0 saturated heterocycles. The topological polar surface area (TPSA) is 53.3 Å². The smallest absolute Gasteiger partial charge is 0.194 e. The van der Waals surface area contributed by atoms with Gasteiger partial charge in [-0.1, -0.05) is 44.2 Å². The number of ketones is 1. The number of nitriles is 1. The minimum atomic E-state index is -0.244. The number of allylic oxidation sites excluding steroid dienone is 1. The van der Waals surface area contributed by atoms with E-state index in [4.69, 9.17) is 10.00 Å². The molecular formula is C21H20N2O2. The summed E-state index contributed by atoms with van der Waals surface area (Å²) in [6, 6.07) is 17.1. The van der Waals surface area contributed by atoms with E-state index < -0.39 is 0 Å². The molecule has 3 rings (SSSR count). The number of fused-ring (bicyclic) bond motifs is 1. The second kappa shape index (κ2) is 6.45. The highest BCUT2D eigenvalue weighted by Crippen LogP contribution is 2.46. The number of rotatable bonds is 4. The quantitative estimate of drug-likeness (QED) is 0.799. The highest BCUT2D eigenvalue weighted by Gasteiger charge is 2.38. The summed E-state index contributed by atoms with van der Waals surface area (Å²) in [5.74, 6) is 0.301. The second-order valence-electron chi connectivity index (χ2n) is 6.59. The Morgan fingerprint density at radius 1 is 1.20 bits per heavy atom. The molecule has 0 amide bonds. The first kappa shape index (κ1) is 16.8. The van der Waals surface area contributed by atoms with Crippen molar-refractivity contribution in [1.82, 2.24) is 0 Å². The number of likely N-dealkylation sites (N-methyl/N-ethyl adjacent to an activating group) is 1. The third kappa shape index (κ3) is 3.01. The van der Waals surface area contributed by atoms with Crippen LogP contribution >= 0.6 is 0 Å². The molecule has 0 atom stereocenters. The molecule has 0 aliphatic carbocycles. The lowest BCUT2D eigenvalue weighted by Gasteiger charge is -2.24. The molecule has 0 aromatic heterocycles. The third-order valence-electron chi connectivity index (χ3n) is 4.62. The lowest BCUT2D eigenvalue weighted by atomic mass is 9.83. The van der Waals surface area contributed by atoms with Crippen LogP contribution in [0.1, 0.15) is 25.0 Å². The fraction of sp³-hybridized carbons (Fsp3) is 0.238. The van der Waals surface area contributed by atoms with Crippen molar-refractivity contribution in [2.45, 2.75) is 19.3 Å². The lowest BCUT2D eigenvalue weighted by Crippen LogP contribution is -2.25. The molecule has 1 aliphatic heterocycles. The zero-order valence-corrected chi connectivity index (χ0v) is 14.6. The Morgan fingerprint density at radius 3 is 2.60 bits per heavy atom. The number of hydrogen-bond donors (Lipinski definition) is 0. The third-order valence-corrected chi connectivity index (χ3v) is 4.62. The molecular weight excluding hydrogens is 312 g/mol. The Kier molecular flexibility index (Phi) is 4.33. The molecule has 4 heteroatoms. The summed E-state index contributed by atoms with van der Waals surface area (Å²) in [6.45, 7) is 4.13. The van der Waals surface area contributed by atoms with Crippen LogP contribution in [0.3, 0.4) is 0 Å². The van der Waals surface area contributed by atoms with E-state index in [-0.39, 0.29) is 17.8 Å². The summed E-state index contributed by atoms with van der Waals surface area (Å²) in [4.78, 5) is 14.5. The molecule has 0 bridgehead atoms. The average Bonchev–Trinajstić information content (AvgIpc) is 2.81. The fourth-order valence-corrected chi connectivity index (χ4v) is 3.29. The zero-order valence-electron chi connectivity index (χ0n) is 14.6. The largest absolute Gasteiger partial charge is 0.484 e. The van der Waals surface area contributed by atoms with E-state index in [1.165, 1.54) is 5.56 Å². The van der Waals surface area contributed by atoms with Crippen molar-refractivity contribution in [1.29, 1.82) is 5.26 Å². The van der Waals surface area contributed by atoms with Gasteiger partial charge in [0.15, 0.2) is 12.4 Å². The molecule has 0 radical (unpaired) electrons. The zero-order chi connectivity index (χ0) is 18.0. The number of carbonyl (C=O) groups is 1. The van der Waals surface area contributed by atoms with E-state index in [0.29, 0.717) is 11.3 Å². The molecule has 0 saturated carbocycles. The van der Waals surface area contributed by atoms with Gasteiger partial charge >= 0.3 is 0 Å². The van der Waals surface area contributed by atoms with Gasteiger partial charge in [-0.15, -0.1) is 0 Å². The normalized spacial score (nSPS) is 16.4. The van der Waals surface area contributed by atoms with Gasteiger partial charge in [0.1, 0.15) is 11.8 Å². The number of nitrogens with zero attached hydrogens (tertiary/aromatic N) is 2. The van der Waals surface area contributed by atoms with Gasteiger partial charge in [0.25, 0.3) is 0 Å². The van der Waals surface area contributed by atoms with Gasteiger partial charge in [0, 0.05) is 29.9 Å². The maximum Gasteiger partial charge on any atom is 0.194 e. The van der Waals surface area contributed by atoms with Crippen molar-refractivity contribution in [3.8, 4) is 11.8 Å². The van der Waals surface area contributed by atoms with Gasteiger partial charge in [-0.3, -0.25) is 4.79 Å². The molecule has 25 heavy (non-hydrogen) atoms. The lowest BCUT2D eigenvalue weighted by molar-refractivity contribution is -0.116. The van der Waals surface area contributed by atoms with E-state index in [1.54, 1.807) is 30.3 Å². The first-order valence-electron chi connectivity index (χ1n) is 8.15.